The zero-order valence-corrected chi connectivity index (χ0v) is 14.8. The van der Waals surface area contributed by atoms with Gasteiger partial charge in [0.15, 0.2) is 0 Å². The van der Waals surface area contributed by atoms with Crippen LogP contribution in [0.15, 0.2) is 29.8 Å². The highest BCUT2D eigenvalue weighted by Crippen LogP contribution is 2.33. The highest BCUT2D eigenvalue weighted by molar-refractivity contribution is 5.66. The lowest BCUT2D eigenvalue weighted by Crippen LogP contribution is -2.45. The van der Waals surface area contributed by atoms with Crippen molar-refractivity contribution < 1.29 is 9.22 Å². The van der Waals surface area contributed by atoms with Crippen LogP contribution in [0.5, 0.6) is 0 Å². The molecule has 0 atom stereocenters. The maximum atomic E-state index is 6.36. The number of likely N-dealkylation sites (N-methyl/N-ethyl adjacent to an activating group) is 1. The Morgan fingerprint density at radius 1 is 1.09 bits per heavy atom. The number of rotatable bonds is 7. The van der Waals surface area contributed by atoms with Crippen LogP contribution in [-0.4, -0.2) is 37.8 Å². The zero-order chi connectivity index (χ0) is 16.0. The summed E-state index contributed by atoms with van der Waals surface area (Å²) in [7, 11) is 2.32. The van der Waals surface area contributed by atoms with Crippen LogP contribution in [0.1, 0.15) is 50.7 Å². The van der Waals surface area contributed by atoms with Gasteiger partial charge in [0.1, 0.15) is 18.9 Å². The fourth-order valence-electron chi connectivity index (χ4n) is 3.13. The highest BCUT2D eigenvalue weighted by atomic mass is 16.5. The van der Waals surface area contributed by atoms with E-state index in [0.717, 1.165) is 30.7 Å². The van der Waals surface area contributed by atoms with Gasteiger partial charge in [-0.15, -0.1) is 0 Å². The first kappa shape index (κ1) is 17.1. The lowest BCUT2D eigenvalue weighted by molar-refractivity contribution is -0.906. The predicted octanol–water partition coefficient (Wildman–Crippen LogP) is 4.78. The Balaban J connectivity index is 2.14. The first-order chi connectivity index (χ1) is 10.6. The molecular formula is C20H32NO+. The Kier molecular flexibility index (Phi) is 6.07. The average molecular weight is 302 g/mol. The molecule has 2 heteroatoms. The third-order valence-corrected chi connectivity index (χ3v) is 5.32. The summed E-state index contributed by atoms with van der Waals surface area (Å²) >= 11 is 0. The normalized spacial score (nSPS) is 15.2. The van der Waals surface area contributed by atoms with Crippen LogP contribution in [0.25, 0.3) is 5.76 Å². The fraction of sp³-hybridized carbons (Fsp3) is 0.600. The van der Waals surface area contributed by atoms with Gasteiger partial charge >= 0.3 is 0 Å². The molecule has 0 unspecified atom stereocenters. The third kappa shape index (κ3) is 4.13. The molecule has 1 fully saturated rings. The molecule has 1 saturated carbocycles. The second-order valence-electron chi connectivity index (χ2n) is 6.78. The molecule has 0 aromatic heterocycles. The maximum Gasteiger partial charge on any atom is 0.137 e. The number of hydrogen-bond acceptors (Lipinski definition) is 1. The van der Waals surface area contributed by atoms with Crippen LogP contribution >= 0.6 is 0 Å². The van der Waals surface area contributed by atoms with E-state index in [1.807, 2.05) is 0 Å². The lowest BCUT2D eigenvalue weighted by atomic mass is 10.0. The van der Waals surface area contributed by atoms with Crippen LogP contribution in [0.3, 0.4) is 0 Å². The van der Waals surface area contributed by atoms with Crippen LogP contribution in [-0.2, 0) is 4.74 Å². The smallest absolute Gasteiger partial charge is 0.137 e. The van der Waals surface area contributed by atoms with Crippen LogP contribution in [0, 0.1) is 6.92 Å². The molecule has 1 aliphatic rings. The van der Waals surface area contributed by atoms with Gasteiger partial charge in [-0.2, -0.15) is 0 Å². The minimum Gasteiger partial charge on any atom is -0.487 e. The van der Waals surface area contributed by atoms with Crippen molar-refractivity contribution in [2.75, 3.05) is 33.3 Å². The number of allylic oxidation sites excluding steroid dienone is 1. The van der Waals surface area contributed by atoms with Gasteiger partial charge in [0.25, 0.3) is 0 Å². The molecule has 0 saturated heterocycles. The number of benzene rings is 1. The first-order valence-corrected chi connectivity index (χ1v) is 8.84. The predicted molar refractivity (Wildman–Crippen MR) is 94.7 cm³/mol. The Bertz CT molecular complexity index is 506. The van der Waals surface area contributed by atoms with E-state index in [4.69, 9.17) is 4.74 Å². The van der Waals surface area contributed by atoms with E-state index >= 15 is 0 Å². The van der Waals surface area contributed by atoms with Crippen molar-refractivity contribution in [1.29, 1.82) is 0 Å². The molecule has 2 nitrogen and oxygen atoms in total. The quantitative estimate of drug-likeness (QED) is 0.520. The SMILES string of the molecule is CC[N+](C)(CC)CCOC(=C1CCCC1)c1ccccc1C. The Morgan fingerprint density at radius 2 is 1.73 bits per heavy atom. The van der Waals surface area contributed by atoms with Crippen molar-refractivity contribution >= 4 is 5.76 Å². The summed E-state index contributed by atoms with van der Waals surface area (Å²) in [5.74, 6) is 1.18. The van der Waals surface area contributed by atoms with Gasteiger partial charge in [0.05, 0.1) is 20.1 Å². The van der Waals surface area contributed by atoms with E-state index in [1.165, 1.54) is 48.1 Å². The van der Waals surface area contributed by atoms with E-state index in [0.29, 0.717) is 0 Å². The summed E-state index contributed by atoms with van der Waals surface area (Å²) in [4.78, 5) is 0. The second-order valence-corrected chi connectivity index (χ2v) is 6.78. The molecule has 22 heavy (non-hydrogen) atoms. The van der Waals surface area contributed by atoms with Crippen LogP contribution in [0.4, 0.5) is 0 Å². The number of ether oxygens (including phenoxy) is 1. The molecule has 1 aliphatic carbocycles. The van der Waals surface area contributed by atoms with Crippen LogP contribution in [0.2, 0.25) is 0 Å². The topological polar surface area (TPSA) is 9.23 Å². The Morgan fingerprint density at radius 3 is 2.32 bits per heavy atom. The lowest BCUT2D eigenvalue weighted by Gasteiger charge is -2.32. The summed E-state index contributed by atoms with van der Waals surface area (Å²) in [6.45, 7) is 10.9. The van der Waals surface area contributed by atoms with E-state index in [1.54, 1.807) is 0 Å². The minimum absolute atomic E-state index is 0.811. The van der Waals surface area contributed by atoms with E-state index in [9.17, 15) is 0 Å². The Labute approximate surface area is 136 Å². The molecule has 1 aromatic carbocycles. The van der Waals surface area contributed by atoms with Crippen molar-refractivity contribution in [3.05, 3.63) is 41.0 Å². The summed E-state index contributed by atoms with van der Waals surface area (Å²) in [6.07, 6.45) is 5.03. The maximum absolute atomic E-state index is 6.36. The third-order valence-electron chi connectivity index (χ3n) is 5.32. The van der Waals surface area contributed by atoms with Crippen molar-refractivity contribution in [3.8, 4) is 0 Å². The average Bonchev–Trinajstić information content (AvgIpc) is 3.06. The van der Waals surface area contributed by atoms with Gasteiger partial charge < -0.3 is 9.22 Å². The second kappa shape index (κ2) is 7.82. The summed E-state index contributed by atoms with van der Waals surface area (Å²) in [5, 5.41) is 0. The molecule has 0 amide bonds. The van der Waals surface area contributed by atoms with Crippen molar-refractivity contribution in [3.63, 3.8) is 0 Å². The fourth-order valence-corrected chi connectivity index (χ4v) is 3.13. The van der Waals surface area contributed by atoms with Gasteiger partial charge in [0, 0.05) is 5.56 Å². The van der Waals surface area contributed by atoms with Crippen molar-refractivity contribution in [2.45, 2.75) is 46.5 Å². The molecule has 1 aromatic rings. The van der Waals surface area contributed by atoms with E-state index in [2.05, 4.69) is 52.1 Å². The number of hydrogen-bond donors (Lipinski definition) is 0. The van der Waals surface area contributed by atoms with Crippen molar-refractivity contribution in [2.24, 2.45) is 0 Å². The van der Waals surface area contributed by atoms with Gasteiger partial charge in [-0.25, -0.2) is 0 Å². The highest BCUT2D eigenvalue weighted by Gasteiger charge is 2.20. The van der Waals surface area contributed by atoms with Gasteiger partial charge in [-0.3, -0.25) is 0 Å². The van der Waals surface area contributed by atoms with Crippen molar-refractivity contribution in [1.82, 2.24) is 0 Å². The van der Waals surface area contributed by atoms with Gasteiger partial charge in [-0.1, -0.05) is 24.3 Å². The molecule has 0 heterocycles. The Hall–Kier alpha value is -1.28. The monoisotopic (exact) mass is 302 g/mol. The molecule has 2 rings (SSSR count). The van der Waals surface area contributed by atoms with E-state index in [-0.39, 0.29) is 0 Å². The number of quaternary nitrogens is 1. The van der Waals surface area contributed by atoms with Crippen LogP contribution < -0.4 is 0 Å². The first-order valence-electron chi connectivity index (χ1n) is 8.84. The molecule has 0 N–H and O–H groups in total. The summed E-state index contributed by atoms with van der Waals surface area (Å²) in [6, 6.07) is 8.63. The molecule has 122 valence electrons. The molecule has 0 aliphatic heterocycles. The molecular weight excluding hydrogens is 270 g/mol. The standard InChI is InChI=1S/C20H32NO/c1-5-21(4,6-2)15-16-22-20(18-12-8-9-13-18)19-14-10-7-11-17(19)3/h7,10-11,14H,5-6,8-9,12-13,15-16H2,1-4H3/q+1. The largest absolute Gasteiger partial charge is 0.487 e. The van der Waals surface area contributed by atoms with E-state index < -0.39 is 0 Å². The molecule has 0 spiro atoms. The molecule has 0 bridgehead atoms. The zero-order valence-electron chi connectivity index (χ0n) is 14.8. The summed E-state index contributed by atoms with van der Waals surface area (Å²) < 4.78 is 7.44. The van der Waals surface area contributed by atoms with Gasteiger partial charge in [0.2, 0.25) is 0 Å². The number of nitrogens with zero attached hydrogens (tertiary/aromatic N) is 1. The minimum atomic E-state index is 0.811. The molecule has 0 radical (unpaired) electrons. The summed E-state index contributed by atoms with van der Waals surface area (Å²) in [5.41, 5.74) is 4.14. The number of aryl methyl sites for hydroxylation is 1. The van der Waals surface area contributed by atoms with Gasteiger partial charge in [-0.05, 0) is 57.6 Å².